The topological polar surface area (TPSA) is 73.4 Å². The molecule has 1 atom stereocenters. The number of nitrogens with zero attached hydrogens (tertiary/aromatic N) is 1. The number of amides is 1. The van der Waals surface area contributed by atoms with Gasteiger partial charge in [0.2, 0.25) is 0 Å². The molecule has 5 nitrogen and oxygen atoms in total. The summed E-state index contributed by atoms with van der Waals surface area (Å²) in [5, 5.41) is 12.6. The zero-order chi connectivity index (χ0) is 23.8. The van der Waals surface area contributed by atoms with E-state index in [1.165, 1.54) is 29.2 Å². The number of benzene rings is 3. The number of aliphatic hydroxyl groups excluding tert-OH is 1. The number of ketones is 1. The van der Waals surface area contributed by atoms with Crippen molar-refractivity contribution in [3.8, 4) is 0 Å². The number of Topliss-reactive ketones (excluding diaryl/α,β-unsaturated/α-hetero) is 1. The molecule has 1 saturated heterocycles. The quantitative estimate of drug-likeness (QED) is 0.224. The number of H-pyrrole nitrogens is 1. The van der Waals surface area contributed by atoms with Crippen molar-refractivity contribution in [1.82, 2.24) is 9.88 Å². The van der Waals surface area contributed by atoms with Crippen molar-refractivity contribution in [3.63, 3.8) is 0 Å². The van der Waals surface area contributed by atoms with Gasteiger partial charge in [0, 0.05) is 34.2 Å². The van der Waals surface area contributed by atoms with Gasteiger partial charge in [-0.05, 0) is 60.0 Å². The number of hydrogen-bond acceptors (Lipinski definition) is 3. The van der Waals surface area contributed by atoms with E-state index >= 15 is 0 Å². The lowest BCUT2D eigenvalue weighted by Crippen LogP contribution is -2.31. The fourth-order valence-corrected chi connectivity index (χ4v) is 4.57. The van der Waals surface area contributed by atoms with E-state index in [-0.39, 0.29) is 23.4 Å². The van der Waals surface area contributed by atoms with E-state index in [2.05, 4.69) is 4.98 Å². The number of halogens is 2. The van der Waals surface area contributed by atoms with Gasteiger partial charge in [-0.1, -0.05) is 41.9 Å². The van der Waals surface area contributed by atoms with Gasteiger partial charge in [0.25, 0.3) is 11.7 Å². The first-order valence-corrected chi connectivity index (χ1v) is 11.2. The van der Waals surface area contributed by atoms with E-state index in [1.54, 1.807) is 24.3 Å². The molecule has 1 aliphatic rings. The number of likely N-dealkylation sites (tertiary alicyclic amines) is 1. The van der Waals surface area contributed by atoms with E-state index in [9.17, 15) is 19.1 Å². The summed E-state index contributed by atoms with van der Waals surface area (Å²) in [5.74, 6) is -2.28. The van der Waals surface area contributed by atoms with Crippen LogP contribution < -0.4 is 0 Å². The van der Waals surface area contributed by atoms with Crippen LogP contribution in [0, 0.1) is 5.82 Å². The first-order chi connectivity index (χ1) is 16.4. The highest BCUT2D eigenvalue weighted by molar-refractivity contribution is 6.46. The third-order valence-corrected chi connectivity index (χ3v) is 6.39. The molecule has 1 fully saturated rings. The van der Waals surface area contributed by atoms with Gasteiger partial charge >= 0.3 is 0 Å². The fraction of sp³-hybridized carbons (Fsp3) is 0.111. The van der Waals surface area contributed by atoms with Crippen LogP contribution in [-0.4, -0.2) is 33.2 Å². The summed E-state index contributed by atoms with van der Waals surface area (Å²) in [6.45, 7) is 0.264. The zero-order valence-electron chi connectivity index (χ0n) is 18.0. The molecule has 2 heterocycles. The van der Waals surface area contributed by atoms with E-state index in [0.29, 0.717) is 17.0 Å². The van der Waals surface area contributed by atoms with Gasteiger partial charge in [-0.3, -0.25) is 9.59 Å². The van der Waals surface area contributed by atoms with E-state index < -0.39 is 23.5 Å². The second-order valence-electron chi connectivity index (χ2n) is 8.16. The molecule has 0 bridgehead atoms. The Kier molecular flexibility index (Phi) is 5.67. The Hall–Kier alpha value is -3.90. The predicted octanol–water partition coefficient (Wildman–Crippen LogP) is 5.62. The first-order valence-electron chi connectivity index (χ1n) is 10.8. The lowest BCUT2D eigenvalue weighted by Gasteiger charge is -2.25. The molecule has 4 aromatic rings. The van der Waals surface area contributed by atoms with Crippen LogP contribution in [-0.2, 0) is 16.0 Å². The van der Waals surface area contributed by atoms with Crippen LogP contribution in [0.25, 0.3) is 16.7 Å². The van der Waals surface area contributed by atoms with Crippen LogP contribution in [0.15, 0.2) is 84.6 Å². The Morgan fingerprint density at radius 3 is 2.44 bits per heavy atom. The minimum atomic E-state index is -0.799. The van der Waals surface area contributed by atoms with Crippen molar-refractivity contribution in [2.75, 3.05) is 6.54 Å². The van der Waals surface area contributed by atoms with Crippen molar-refractivity contribution in [2.45, 2.75) is 12.5 Å². The number of hydrogen-bond donors (Lipinski definition) is 2. The van der Waals surface area contributed by atoms with Crippen LogP contribution in [0.4, 0.5) is 4.39 Å². The molecule has 34 heavy (non-hydrogen) atoms. The van der Waals surface area contributed by atoms with Crippen molar-refractivity contribution in [2.24, 2.45) is 0 Å². The average molecular weight is 475 g/mol. The number of aromatic nitrogens is 1. The Bertz CT molecular complexity index is 1420. The summed E-state index contributed by atoms with van der Waals surface area (Å²) in [6, 6.07) is 19.0. The Morgan fingerprint density at radius 1 is 1.00 bits per heavy atom. The molecule has 1 aromatic heterocycles. The third-order valence-electron chi connectivity index (χ3n) is 6.14. The number of carbonyl (C=O) groups excluding carboxylic acids is 2. The first kappa shape index (κ1) is 21.9. The molecule has 2 N–H and O–H groups in total. The summed E-state index contributed by atoms with van der Waals surface area (Å²) < 4.78 is 13.4. The third kappa shape index (κ3) is 3.86. The van der Waals surface area contributed by atoms with E-state index in [4.69, 9.17) is 11.6 Å². The molecule has 0 spiro atoms. The molecule has 7 heteroatoms. The summed E-state index contributed by atoms with van der Waals surface area (Å²) in [6.07, 6.45) is 2.41. The lowest BCUT2D eigenvalue weighted by atomic mass is 9.95. The maximum absolute atomic E-state index is 13.4. The Morgan fingerprint density at radius 2 is 1.71 bits per heavy atom. The number of rotatable bonds is 5. The van der Waals surface area contributed by atoms with Gasteiger partial charge in [0.15, 0.2) is 0 Å². The van der Waals surface area contributed by atoms with Gasteiger partial charge in [-0.2, -0.15) is 0 Å². The Balaban J connectivity index is 1.56. The number of aromatic amines is 1. The summed E-state index contributed by atoms with van der Waals surface area (Å²) in [7, 11) is 0. The smallest absolute Gasteiger partial charge is 0.295 e. The van der Waals surface area contributed by atoms with E-state index in [1.807, 2.05) is 30.5 Å². The number of aliphatic hydroxyl groups is 1. The number of carbonyl (C=O) groups is 2. The molecule has 0 aliphatic carbocycles. The molecule has 3 aromatic carbocycles. The van der Waals surface area contributed by atoms with Gasteiger partial charge in [-0.25, -0.2) is 4.39 Å². The molecular formula is C27H20ClFN2O3. The molecule has 0 unspecified atom stereocenters. The SMILES string of the molecule is O=C1C(=O)N(CCc2c[nH]c3ccccc23)[C@H](c2ccc(Cl)cc2)C1=C(O)c1ccc(F)cc1. The molecule has 0 radical (unpaired) electrons. The minimum absolute atomic E-state index is 0.0298. The van der Waals surface area contributed by atoms with Gasteiger partial charge in [-0.15, -0.1) is 0 Å². The lowest BCUT2D eigenvalue weighted by molar-refractivity contribution is -0.139. The Labute approximate surface area is 200 Å². The molecule has 5 rings (SSSR count). The fourth-order valence-electron chi connectivity index (χ4n) is 4.44. The van der Waals surface area contributed by atoms with Gasteiger partial charge in [0.05, 0.1) is 11.6 Å². The maximum Gasteiger partial charge on any atom is 0.295 e. The highest BCUT2D eigenvalue weighted by Crippen LogP contribution is 2.40. The molecule has 1 amide bonds. The summed E-state index contributed by atoms with van der Waals surface area (Å²) >= 11 is 6.06. The molecule has 1 aliphatic heterocycles. The number of nitrogens with one attached hydrogen (secondary N) is 1. The molecule has 0 saturated carbocycles. The summed E-state index contributed by atoms with van der Waals surface area (Å²) in [4.78, 5) is 30.9. The van der Waals surface area contributed by atoms with Crippen LogP contribution in [0.2, 0.25) is 5.02 Å². The van der Waals surface area contributed by atoms with Crippen LogP contribution in [0.3, 0.4) is 0 Å². The normalized spacial score (nSPS) is 17.6. The minimum Gasteiger partial charge on any atom is -0.507 e. The van der Waals surface area contributed by atoms with Crippen molar-refractivity contribution in [1.29, 1.82) is 0 Å². The summed E-state index contributed by atoms with van der Waals surface area (Å²) in [5.41, 5.74) is 2.88. The van der Waals surface area contributed by atoms with Crippen molar-refractivity contribution >= 4 is 40.0 Å². The predicted molar refractivity (Wildman–Crippen MR) is 129 cm³/mol. The van der Waals surface area contributed by atoms with Crippen LogP contribution in [0.1, 0.15) is 22.7 Å². The zero-order valence-corrected chi connectivity index (χ0v) is 18.7. The van der Waals surface area contributed by atoms with Crippen LogP contribution >= 0.6 is 11.6 Å². The molecule has 170 valence electrons. The second kappa shape index (κ2) is 8.80. The highest BCUT2D eigenvalue weighted by atomic mass is 35.5. The van der Waals surface area contributed by atoms with E-state index in [0.717, 1.165) is 16.5 Å². The van der Waals surface area contributed by atoms with Crippen molar-refractivity contribution < 1.29 is 19.1 Å². The monoisotopic (exact) mass is 474 g/mol. The van der Waals surface area contributed by atoms with Crippen molar-refractivity contribution in [3.05, 3.63) is 112 Å². The average Bonchev–Trinajstić information content (AvgIpc) is 3.37. The second-order valence-corrected chi connectivity index (χ2v) is 8.60. The molecular weight excluding hydrogens is 455 g/mol. The highest BCUT2D eigenvalue weighted by Gasteiger charge is 2.45. The standard InChI is InChI=1S/C27H20ClFN2O3/c28-19-9-5-16(6-10-19)24-23(25(32)17-7-11-20(29)12-8-17)26(33)27(34)31(24)14-13-18-15-30-22-4-2-1-3-21(18)22/h1-12,15,24,30,32H,13-14H2/t24-/m1/s1. The number of fused-ring (bicyclic) bond motifs is 1. The maximum atomic E-state index is 13.4. The number of para-hydroxylation sites is 1. The van der Waals surface area contributed by atoms with Gasteiger partial charge in [0.1, 0.15) is 11.6 Å². The van der Waals surface area contributed by atoms with Gasteiger partial charge < -0.3 is 15.0 Å². The largest absolute Gasteiger partial charge is 0.507 e. The van der Waals surface area contributed by atoms with Crippen LogP contribution in [0.5, 0.6) is 0 Å².